The van der Waals surface area contributed by atoms with E-state index in [0.29, 0.717) is 12.8 Å². The molecule has 1 fully saturated rings. The van der Waals surface area contributed by atoms with Gasteiger partial charge in [0.1, 0.15) is 6.10 Å². The van der Waals surface area contributed by atoms with Crippen LogP contribution in [0.4, 0.5) is 0 Å². The average Bonchev–Trinajstić information content (AvgIpc) is 2.51. The van der Waals surface area contributed by atoms with Crippen molar-refractivity contribution in [2.24, 2.45) is 0 Å². The maximum Gasteiger partial charge on any atom is 0.306 e. The minimum Gasteiger partial charge on any atom is -0.462 e. The number of aliphatic hydroxyl groups is 2. The van der Waals surface area contributed by atoms with Crippen molar-refractivity contribution in [3.63, 3.8) is 0 Å². The first-order chi connectivity index (χ1) is 6.59. The smallest absolute Gasteiger partial charge is 0.306 e. The summed E-state index contributed by atoms with van der Waals surface area (Å²) in [6.45, 7) is 1.52. The van der Waals surface area contributed by atoms with Crippen molar-refractivity contribution in [3.8, 4) is 0 Å². The Kier molecular flexibility index (Phi) is 4.10. The summed E-state index contributed by atoms with van der Waals surface area (Å²) in [5.41, 5.74) is 0. The molecule has 0 aromatic heterocycles. The Morgan fingerprint density at radius 3 is 2.86 bits per heavy atom. The van der Waals surface area contributed by atoms with Crippen LogP contribution in [0.2, 0.25) is 0 Å². The lowest BCUT2D eigenvalue weighted by Gasteiger charge is -2.09. The molecule has 0 spiro atoms. The van der Waals surface area contributed by atoms with Gasteiger partial charge in [0.15, 0.2) is 0 Å². The van der Waals surface area contributed by atoms with Crippen molar-refractivity contribution in [1.82, 2.24) is 0 Å². The van der Waals surface area contributed by atoms with Gasteiger partial charge in [-0.25, -0.2) is 0 Å². The average molecular weight is 200 g/mol. The molecule has 1 saturated heterocycles. The Labute approximate surface area is 83.2 Å². The molecule has 1 rings (SSSR count). The second-order valence-electron chi connectivity index (χ2n) is 3.55. The number of hydrogen-bond acceptors (Lipinski definition) is 4. The van der Waals surface area contributed by atoms with Gasteiger partial charge >= 0.3 is 5.97 Å². The number of rotatable bonds is 4. The third kappa shape index (κ3) is 3.47. The van der Waals surface area contributed by atoms with E-state index in [9.17, 15) is 9.90 Å². The van der Waals surface area contributed by atoms with Gasteiger partial charge in [-0.05, 0) is 13.3 Å². The highest BCUT2D eigenvalue weighted by Gasteiger charge is 2.21. The first-order valence-electron chi connectivity index (χ1n) is 4.82. The Morgan fingerprint density at radius 1 is 1.64 bits per heavy atom. The van der Waals surface area contributed by atoms with Gasteiger partial charge in [0.2, 0.25) is 0 Å². The molecule has 0 aromatic rings. The number of cyclic esters (lactones) is 1. The molecule has 4 heteroatoms. The summed E-state index contributed by atoms with van der Waals surface area (Å²) in [4.78, 5) is 10.7. The fourth-order valence-electron chi connectivity index (χ4n) is 1.28. The molecular weight excluding hydrogens is 184 g/mol. The first kappa shape index (κ1) is 11.2. The molecule has 0 amide bonds. The van der Waals surface area contributed by atoms with Gasteiger partial charge in [-0.2, -0.15) is 0 Å². The van der Waals surface area contributed by atoms with Crippen molar-refractivity contribution in [3.05, 3.63) is 12.2 Å². The van der Waals surface area contributed by atoms with E-state index < -0.39 is 12.2 Å². The van der Waals surface area contributed by atoms with Crippen LogP contribution in [-0.4, -0.2) is 34.5 Å². The number of hydrogen-bond donors (Lipinski definition) is 2. The van der Waals surface area contributed by atoms with Crippen LogP contribution in [0.25, 0.3) is 0 Å². The fourth-order valence-corrected chi connectivity index (χ4v) is 1.28. The van der Waals surface area contributed by atoms with Crippen molar-refractivity contribution >= 4 is 5.97 Å². The minimum atomic E-state index is -0.841. The van der Waals surface area contributed by atoms with Crippen LogP contribution >= 0.6 is 0 Å². The fraction of sp³-hybridized carbons (Fsp3) is 0.700. The maximum atomic E-state index is 10.7. The predicted octanol–water partition coefficient (Wildman–Crippen LogP) is 0.380. The molecule has 80 valence electrons. The van der Waals surface area contributed by atoms with Gasteiger partial charge in [0.05, 0.1) is 12.2 Å². The molecule has 14 heavy (non-hydrogen) atoms. The summed E-state index contributed by atoms with van der Waals surface area (Å²) >= 11 is 0. The molecule has 0 radical (unpaired) electrons. The second-order valence-corrected chi connectivity index (χ2v) is 3.55. The monoisotopic (exact) mass is 200 g/mol. The first-order valence-corrected chi connectivity index (χ1v) is 4.82. The van der Waals surface area contributed by atoms with Gasteiger partial charge in [-0.1, -0.05) is 12.2 Å². The summed E-state index contributed by atoms with van der Waals surface area (Å²) in [6, 6.07) is 0. The maximum absolute atomic E-state index is 10.7. The van der Waals surface area contributed by atoms with Crippen LogP contribution in [-0.2, 0) is 9.53 Å². The van der Waals surface area contributed by atoms with E-state index in [1.165, 1.54) is 13.0 Å². The highest BCUT2D eigenvalue weighted by atomic mass is 16.5. The van der Waals surface area contributed by atoms with E-state index >= 15 is 0 Å². The summed E-state index contributed by atoms with van der Waals surface area (Å²) < 4.78 is 4.97. The molecule has 3 atom stereocenters. The summed E-state index contributed by atoms with van der Waals surface area (Å²) in [7, 11) is 0. The molecular formula is C10H16O4. The normalized spacial score (nSPS) is 26.5. The standard InChI is InChI=1S/C10H16O4/c1-7(11)9(12)4-2-3-8-5-6-10(13)14-8/h2,4,7-9,11-12H,3,5-6H2,1H3/b4-2-/t7-,8-,9-/m1/s1. The molecule has 1 heterocycles. The zero-order valence-electron chi connectivity index (χ0n) is 8.22. The van der Waals surface area contributed by atoms with E-state index in [-0.39, 0.29) is 12.1 Å². The highest BCUT2D eigenvalue weighted by Crippen LogP contribution is 2.17. The highest BCUT2D eigenvalue weighted by molar-refractivity contribution is 5.71. The second kappa shape index (κ2) is 5.12. The summed E-state index contributed by atoms with van der Waals surface area (Å²) in [6.07, 6.45) is 3.43. The number of carbonyl (C=O) groups is 1. The SMILES string of the molecule is C[C@@H](O)[C@H](O)/C=C\C[C@@H]1CCC(=O)O1. The van der Waals surface area contributed by atoms with E-state index in [1.54, 1.807) is 6.08 Å². The van der Waals surface area contributed by atoms with E-state index in [0.717, 1.165) is 6.42 Å². The van der Waals surface area contributed by atoms with E-state index in [1.807, 2.05) is 0 Å². The Bertz CT molecular complexity index is 222. The molecule has 1 aliphatic heterocycles. The van der Waals surface area contributed by atoms with Gasteiger partial charge in [0.25, 0.3) is 0 Å². The van der Waals surface area contributed by atoms with Gasteiger partial charge in [0, 0.05) is 12.8 Å². The number of aliphatic hydroxyl groups excluding tert-OH is 2. The molecule has 0 aromatic carbocycles. The zero-order valence-corrected chi connectivity index (χ0v) is 8.22. The summed E-state index contributed by atoms with van der Waals surface area (Å²) in [5, 5.41) is 18.2. The Balaban J connectivity index is 2.23. The topological polar surface area (TPSA) is 66.8 Å². The van der Waals surface area contributed by atoms with Crippen LogP contribution in [0, 0.1) is 0 Å². The molecule has 2 N–H and O–H groups in total. The quantitative estimate of drug-likeness (QED) is 0.508. The number of ether oxygens (including phenoxy) is 1. The van der Waals surface area contributed by atoms with Crippen molar-refractivity contribution in [2.75, 3.05) is 0 Å². The lowest BCUT2D eigenvalue weighted by atomic mass is 10.1. The van der Waals surface area contributed by atoms with Gasteiger partial charge < -0.3 is 14.9 Å². The largest absolute Gasteiger partial charge is 0.462 e. The molecule has 0 bridgehead atoms. The molecule has 1 aliphatic rings. The Morgan fingerprint density at radius 2 is 2.36 bits per heavy atom. The van der Waals surface area contributed by atoms with Crippen LogP contribution < -0.4 is 0 Å². The van der Waals surface area contributed by atoms with Crippen molar-refractivity contribution in [1.29, 1.82) is 0 Å². The van der Waals surface area contributed by atoms with E-state index in [2.05, 4.69) is 0 Å². The number of esters is 1. The van der Waals surface area contributed by atoms with Crippen LogP contribution in [0.3, 0.4) is 0 Å². The molecule has 0 unspecified atom stereocenters. The third-order valence-corrected chi connectivity index (χ3v) is 2.20. The molecule has 0 saturated carbocycles. The number of carbonyl (C=O) groups excluding carboxylic acids is 1. The predicted molar refractivity (Wildman–Crippen MR) is 50.6 cm³/mol. The molecule has 0 aliphatic carbocycles. The third-order valence-electron chi connectivity index (χ3n) is 2.20. The van der Waals surface area contributed by atoms with Crippen molar-refractivity contribution < 1.29 is 19.7 Å². The van der Waals surface area contributed by atoms with E-state index in [4.69, 9.17) is 9.84 Å². The van der Waals surface area contributed by atoms with Crippen LogP contribution in [0.15, 0.2) is 12.2 Å². The Hall–Kier alpha value is -0.870. The van der Waals surface area contributed by atoms with Crippen LogP contribution in [0.1, 0.15) is 26.2 Å². The molecule has 4 nitrogen and oxygen atoms in total. The van der Waals surface area contributed by atoms with Gasteiger partial charge in [-0.3, -0.25) is 4.79 Å². The lowest BCUT2D eigenvalue weighted by Crippen LogP contribution is -2.19. The lowest BCUT2D eigenvalue weighted by molar-refractivity contribution is -0.141. The van der Waals surface area contributed by atoms with Gasteiger partial charge in [-0.15, -0.1) is 0 Å². The minimum absolute atomic E-state index is 0.0556. The van der Waals surface area contributed by atoms with Crippen molar-refractivity contribution in [2.45, 2.75) is 44.5 Å². The summed E-state index contributed by atoms with van der Waals surface area (Å²) in [5.74, 6) is -0.153. The zero-order chi connectivity index (χ0) is 10.6. The van der Waals surface area contributed by atoms with Crippen LogP contribution in [0.5, 0.6) is 0 Å².